The van der Waals surface area contributed by atoms with Crippen molar-refractivity contribution < 1.29 is 26.3 Å². The molecule has 152 valence electrons. The highest BCUT2D eigenvalue weighted by molar-refractivity contribution is 5.65. The molecule has 2 aromatic heterocycles. The average Bonchev–Trinajstić information content (AvgIpc) is 2.59. The maximum absolute atomic E-state index is 13.1. The first-order chi connectivity index (χ1) is 12.9. The van der Waals surface area contributed by atoms with Crippen molar-refractivity contribution in [1.82, 2.24) is 9.97 Å². The number of aromatic nitrogens is 2. The van der Waals surface area contributed by atoms with Gasteiger partial charge < -0.3 is 4.98 Å². The number of pyridine rings is 2. The molecule has 0 bridgehead atoms. The van der Waals surface area contributed by atoms with Gasteiger partial charge in [-0.05, 0) is 50.2 Å². The summed E-state index contributed by atoms with van der Waals surface area (Å²) < 4.78 is 78.2. The molecule has 0 amide bonds. The minimum atomic E-state index is -4.68. The average molecular weight is 404 g/mol. The van der Waals surface area contributed by atoms with E-state index in [0.717, 1.165) is 12.3 Å². The van der Waals surface area contributed by atoms with Crippen LogP contribution in [0.5, 0.6) is 0 Å². The Balaban J connectivity index is 2.03. The van der Waals surface area contributed by atoms with E-state index in [0.29, 0.717) is 11.3 Å². The molecule has 28 heavy (non-hydrogen) atoms. The van der Waals surface area contributed by atoms with Crippen molar-refractivity contribution in [2.24, 2.45) is 5.92 Å². The molecule has 2 aromatic rings. The molecule has 0 saturated heterocycles. The molecule has 1 aliphatic rings. The highest BCUT2D eigenvalue weighted by Crippen LogP contribution is 2.45. The lowest BCUT2D eigenvalue weighted by Gasteiger charge is -2.31. The Bertz CT molecular complexity index is 908. The van der Waals surface area contributed by atoms with Crippen LogP contribution in [-0.2, 0) is 6.18 Å². The maximum Gasteiger partial charge on any atom is 0.433 e. The predicted molar refractivity (Wildman–Crippen MR) is 90.8 cm³/mol. The molecular weight excluding hydrogens is 386 g/mol. The zero-order chi connectivity index (χ0) is 20.7. The van der Waals surface area contributed by atoms with Crippen LogP contribution in [0, 0.1) is 12.8 Å². The van der Waals surface area contributed by atoms with Gasteiger partial charge in [0.25, 0.3) is 0 Å². The van der Waals surface area contributed by atoms with Crippen LogP contribution in [0.3, 0.4) is 0 Å². The normalized spacial score (nSPS) is 21.0. The van der Waals surface area contributed by atoms with E-state index in [-0.39, 0.29) is 48.3 Å². The van der Waals surface area contributed by atoms with Crippen molar-refractivity contribution in [2.45, 2.75) is 50.9 Å². The Hall–Kier alpha value is -2.32. The van der Waals surface area contributed by atoms with Gasteiger partial charge in [-0.3, -0.25) is 9.78 Å². The van der Waals surface area contributed by atoms with Crippen LogP contribution in [0.4, 0.5) is 26.3 Å². The van der Waals surface area contributed by atoms with Gasteiger partial charge in [-0.15, -0.1) is 0 Å². The maximum atomic E-state index is 13.1. The molecule has 9 heteroatoms. The number of halogens is 6. The van der Waals surface area contributed by atoms with Gasteiger partial charge >= 0.3 is 12.4 Å². The molecule has 0 aromatic carbocycles. The fourth-order valence-electron chi connectivity index (χ4n) is 3.74. The number of hydrogen-bond acceptors (Lipinski definition) is 2. The summed E-state index contributed by atoms with van der Waals surface area (Å²) in [6.07, 6.45) is -7.64. The number of H-pyrrole nitrogens is 1. The molecule has 1 saturated carbocycles. The van der Waals surface area contributed by atoms with Gasteiger partial charge in [0.05, 0.1) is 5.92 Å². The Labute approximate surface area is 156 Å². The number of nitrogens with zero attached hydrogens (tertiary/aromatic N) is 1. The molecule has 0 radical (unpaired) electrons. The summed E-state index contributed by atoms with van der Waals surface area (Å²) in [7, 11) is 0. The molecule has 1 fully saturated rings. The van der Waals surface area contributed by atoms with Crippen LogP contribution >= 0.6 is 0 Å². The third kappa shape index (κ3) is 4.39. The minimum absolute atomic E-state index is 0.0844. The van der Waals surface area contributed by atoms with Crippen molar-refractivity contribution in [3.05, 3.63) is 51.6 Å². The number of hydrogen-bond donors (Lipinski definition) is 1. The third-order valence-electron chi connectivity index (χ3n) is 5.12. The molecular formula is C19H18F6N2O. The fourth-order valence-corrected chi connectivity index (χ4v) is 3.74. The summed E-state index contributed by atoms with van der Waals surface area (Å²) >= 11 is 0. The standard InChI is InChI=1S/C19H18F6N2O/c1-10-6-13(28)7-16(27-10)14-8-17(19(23,24)25)26-9-15(14)11-2-4-12(5-3-11)18(20,21)22/h6-9,11-12H,2-5H2,1H3,(H,27,28). The van der Waals surface area contributed by atoms with Gasteiger partial charge in [0.1, 0.15) is 5.69 Å². The van der Waals surface area contributed by atoms with Gasteiger partial charge in [-0.2, -0.15) is 26.3 Å². The molecule has 1 aliphatic carbocycles. The van der Waals surface area contributed by atoms with Crippen molar-refractivity contribution in [3.8, 4) is 11.3 Å². The topological polar surface area (TPSA) is 45.8 Å². The van der Waals surface area contributed by atoms with Crippen LogP contribution in [0.25, 0.3) is 11.3 Å². The van der Waals surface area contributed by atoms with E-state index in [9.17, 15) is 31.1 Å². The summed E-state index contributed by atoms with van der Waals surface area (Å²) in [6.45, 7) is 1.60. The molecule has 0 unspecified atom stereocenters. The number of aryl methyl sites for hydroxylation is 1. The lowest BCUT2D eigenvalue weighted by atomic mass is 9.77. The highest BCUT2D eigenvalue weighted by Gasteiger charge is 2.42. The quantitative estimate of drug-likeness (QED) is 0.663. The number of alkyl halides is 6. The predicted octanol–water partition coefficient (Wildman–Crippen LogP) is 5.60. The van der Waals surface area contributed by atoms with Gasteiger partial charge in [-0.25, -0.2) is 0 Å². The fraction of sp³-hybridized carbons (Fsp3) is 0.474. The molecule has 0 aliphatic heterocycles. The number of rotatable bonds is 2. The summed E-state index contributed by atoms with van der Waals surface area (Å²) in [6, 6.07) is 3.35. The van der Waals surface area contributed by atoms with Gasteiger partial charge in [-0.1, -0.05) is 0 Å². The lowest BCUT2D eigenvalue weighted by Crippen LogP contribution is -2.27. The second-order valence-corrected chi connectivity index (χ2v) is 7.16. The first-order valence-electron chi connectivity index (χ1n) is 8.80. The Kier molecular flexibility index (Phi) is 5.29. The van der Waals surface area contributed by atoms with Crippen LogP contribution in [0.15, 0.2) is 29.2 Å². The van der Waals surface area contributed by atoms with Gasteiger partial charge in [0, 0.05) is 35.3 Å². The van der Waals surface area contributed by atoms with E-state index in [1.807, 2.05) is 0 Å². The Morgan fingerprint density at radius 2 is 1.64 bits per heavy atom. The summed E-state index contributed by atoms with van der Waals surface area (Å²) in [4.78, 5) is 18.2. The summed E-state index contributed by atoms with van der Waals surface area (Å²) in [5.41, 5.74) is -0.236. The van der Waals surface area contributed by atoms with Gasteiger partial charge in [0.2, 0.25) is 0 Å². The van der Waals surface area contributed by atoms with E-state index in [2.05, 4.69) is 9.97 Å². The van der Waals surface area contributed by atoms with Gasteiger partial charge in [0.15, 0.2) is 5.43 Å². The SMILES string of the molecule is Cc1cc(=O)cc(-c2cc(C(F)(F)F)ncc2C2CCC(C(F)(F)F)CC2)[nH]1. The van der Waals surface area contributed by atoms with Crippen molar-refractivity contribution in [2.75, 3.05) is 0 Å². The molecule has 0 spiro atoms. The van der Waals surface area contributed by atoms with Crippen LogP contribution < -0.4 is 5.43 Å². The molecule has 0 atom stereocenters. The molecule has 3 nitrogen and oxygen atoms in total. The van der Waals surface area contributed by atoms with Crippen molar-refractivity contribution in [3.63, 3.8) is 0 Å². The number of nitrogens with one attached hydrogen (secondary N) is 1. The minimum Gasteiger partial charge on any atom is -0.358 e. The zero-order valence-electron chi connectivity index (χ0n) is 14.9. The Morgan fingerprint density at radius 3 is 2.18 bits per heavy atom. The van der Waals surface area contributed by atoms with Crippen LogP contribution in [0.1, 0.15) is 48.6 Å². The van der Waals surface area contributed by atoms with E-state index >= 15 is 0 Å². The number of aromatic amines is 1. The third-order valence-corrected chi connectivity index (χ3v) is 5.12. The van der Waals surface area contributed by atoms with Crippen LogP contribution in [-0.4, -0.2) is 16.1 Å². The van der Waals surface area contributed by atoms with Crippen molar-refractivity contribution in [1.29, 1.82) is 0 Å². The van der Waals surface area contributed by atoms with E-state index in [4.69, 9.17) is 0 Å². The van der Waals surface area contributed by atoms with Crippen LogP contribution in [0.2, 0.25) is 0 Å². The first-order valence-corrected chi connectivity index (χ1v) is 8.80. The largest absolute Gasteiger partial charge is 0.433 e. The second kappa shape index (κ2) is 7.25. The summed E-state index contributed by atoms with van der Waals surface area (Å²) in [5, 5.41) is 0. The first kappa shape index (κ1) is 20.4. The van der Waals surface area contributed by atoms with E-state index in [1.54, 1.807) is 6.92 Å². The second-order valence-electron chi connectivity index (χ2n) is 7.16. The Morgan fingerprint density at radius 1 is 1.00 bits per heavy atom. The molecule has 2 heterocycles. The summed E-state index contributed by atoms with van der Waals surface area (Å²) in [5.74, 6) is -1.75. The molecule has 3 rings (SSSR count). The lowest BCUT2D eigenvalue weighted by molar-refractivity contribution is -0.182. The monoisotopic (exact) mass is 404 g/mol. The molecule has 1 N–H and O–H groups in total. The smallest absolute Gasteiger partial charge is 0.358 e. The van der Waals surface area contributed by atoms with E-state index in [1.165, 1.54) is 12.1 Å². The van der Waals surface area contributed by atoms with Crippen molar-refractivity contribution >= 4 is 0 Å². The zero-order valence-corrected chi connectivity index (χ0v) is 14.9. The highest BCUT2D eigenvalue weighted by atomic mass is 19.4. The van der Waals surface area contributed by atoms with E-state index < -0.39 is 24.0 Å².